The van der Waals surface area contributed by atoms with Crippen LogP contribution in [0.1, 0.15) is 65.2 Å². The van der Waals surface area contributed by atoms with Gasteiger partial charge in [0.25, 0.3) is 0 Å². The molecule has 2 saturated carbocycles. The molecule has 6 atom stereocenters. The zero-order valence-corrected chi connectivity index (χ0v) is 16.5. The Labute approximate surface area is 156 Å². The van der Waals surface area contributed by atoms with E-state index in [1.807, 2.05) is 11.8 Å². The minimum Gasteiger partial charge on any atom is -0.461 e. The van der Waals surface area contributed by atoms with Gasteiger partial charge < -0.3 is 9.64 Å². The molecule has 140 valence electrons. The summed E-state index contributed by atoms with van der Waals surface area (Å²) < 4.78 is 5.98. The lowest BCUT2D eigenvalue weighted by molar-refractivity contribution is -0.166. The molecular weight excluding hydrogens is 332 g/mol. The summed E-state index contributed by atoms with van der Waals surface area (Å²) in [6.45, 7) is 6.64. The quantitative estimate of drug-likeness (QED) is 0.710. The SMILES string of the molecule is CCN(CC)C1CCC2CC(C3=NC4CCCCC4S3)C(=O)OC2C1. The minimum atomic E-state index is -0.0677. The van der Waals surface area contributed by atoms with E-state index in [-0.39, 0.29) is 18.0 Å². The molecule has 6 unspecified atom stereocenters. The molecule has 2 aliphatic carbocycles. The van der Waals surface area contributed by atoms with Gasteiger partial charge in [-0.15, -0.1) is 11.8 Å². The fraction of sp³-hybridized carbons (Fsp3) is 0.900. The van der Waals surface area contributed by atoms with Crippen LogP contribution in [0.15, 0.2) is 4.99 Å². The van der Waals surface area contributed by atoms with Gasteiger partial charge in [0.15, 0.2) is 0 Å². The van der Waals surface area contributed by atoms with Gasteiger partial charge in [-0.05, 0) is 51.1 Å². The van der Waals surface area contributed by atoms with Crippen molar-refractivity contribution in [1.29, 1.82) is 0 Å². The van der Waals surface area contributed by atoms with E-state index >= 15 is 0 Å². The second-order valence-corrected chi connectivity index (χ2v) is 9.45. The third-order valence-corrected chi connectivity index (χ3v) is 8.34. The van der Waals surface area contributed by atoms with Crippen molar-refractivity contribution in [3.05, 3.63) is 0 Å². The van der Waals surface area contributed by atoms with Crippen molar-refractivity contribution < 1.29 is 9.53 Å². The van der Waals surface area contributed by atoms with Gasteiger partial charge >= 0.3 is 5.97 Å². The molecule has 25 heavy (non-hydrogen) atoms. The van der Waals surface area contributed by atoms with Crippen LogP contribution in [0.5, 0.6) is 0 Å². The van der Waals surface area contributed by atoms with Crippen LogP contribution in [0.3, 0.4) is 0 Å². The highest BCUT2D eigenvalue weighted by Crippen LogP contribution is 2.44. The number of hydrogen-bond donors (Lipinski definition) is 0. The number of nitrogens with zero attached hydrogens (tertiary/aromatic N) is 2. The molecule has 0 N–H and O–H groups in total. The topological polar surface area (TPSA) is 41.9 Å². The van der Waals surface area contributed by atoms with Crippen LogP contribution in [0, 0.1) is 11.8 Å². The van der Waals surface area contributed by atoms with Crippen LogP contribution in [-0.4, -0.2) is 52.4 Å². The Morgan fingerprint density at radius 3 is 2.68 bits per heavy atom. The van der Waals surface area contributed by atoms with E-state index in [9.17, 15) is 4.79 Å². The highest BCUT2D eigenvalue weighted by molar-refractivity contribution is 8.14. The van der Waals surface area contributed by atoms with Crippen LogP contribution >= 0.6 is 11.8 Å². The first kappa shape index (κ1) is 17.8. The zero-order valence-electron chi connectivity index (χ0n) is 15.7. The summed E-state index contributed by atoms with van der Waals surface area (Å²) in [7, 11) is 0. The highest BCUT2D eigenvalue weighted by Gasteiger charge is 2.46. The third-order valence-electron chi connectivity index (χ3n) is 6.85. The Bertz CT molecular complexity index is 534. The van der Waals surface area contributed by atoms with E-state index in [4.69, 9.17) is 9.73 Å². The first-order chi connectivity index (χ1) is 12.2. The van der Waals surface area contributed by atoms with Gasteiger partial charge in [0, 0.05) is 17.7 Å². The second-order valence-electron chi connectivity index (χ2n) is 8.19. The molecule has 4 rings (SSSR count). The number of esters is 1. The summed E-state index contributed by atoms with van der Waals surface area (Å²) in [4.78, 5) is 20.2. The number of thioether (sulfide) groups is 1. The predicted octanol–water partition coefficient (Wildman–Crippen LogP) is 3.89. The normalized spacial score (nSPS) is 41.1. The maximum Gasteiger partial charge on any atom is 0.315 e. The van der Waals surface area contributed by atoms with Gasteiger partial charge in [0.1, 0.15) is 12.0 Å². The van der Waals surface area contributed by atoms with Crippen LogP contribution in [0.25, 0.3) is 0 Å². The van der Waals surface area contributed by atoms with E-state index in [0.29, 0.717) is 23.3 Å². The number of hydrogen-bond acceptors (Lipinski definition) is 5. The molecular formula is C20H32N2O2S. The predicted molar refractivity (Wildman–Crippen MR) is 103 cm³/mol. The van der Waals surface area contributed by atoms with Gasteiger partial charge in [-0.25, -0.2) is 0 Å². The molecule has 3 fully saturated rings. The minimum absolute atomic E-state index is 0.00587. The Balaban J connectivity index is 1.40. The molecule has 0 spiro atoms. The van der Waals surface area contributed by atoms with Gasteiger partial charge in [-0.1, -0.05) is 26.7 Å². The van der Waals surface area contributed by atoms with Crippen molar-refractivity contribution in [2.45, 2.75) is 88.7 Å². The third kappa shape index (κ3) is 3.51. The number of ether oxygens (including phenoxy) is 1. The second kappa shape index (κ2) is 7.59. The average Bonchev–Trinajstić information content (AvgIpc) is 3.06. The monoisotopic (exact) mass is 364 g/mol. The van der Waals surface area contributed by atoms with Gasteiger partial charge in [-0.3, -0.25) is 9.79 Å². The van der Waals surface area contributed by atoms with Crippen LogP contribution in [0.4, 0.5) is 0 Å². The zero-order chi connectivity index (χ0) is 17.4. The molecule has 0 radical (unpaired) electrons. The standard InChI is InChI=1S/C20H32N2O2S/c1-3-22(4-2)14-10-9-13-11-15(20(23)24-17(13)12-14)19-21-16-7-5-6-8-18(16)25-19/h13-18H,3-12H2,1-2H3. The van der Waals surface area contributed by atoms with Crippen molar-refractivity contribution in [1.82, 2.24) is 4.90 Å². The Hall–Kier alpha value is -0.550. The summed E-state index contributed by atoms with van der Waals surface area (Å²) in [5.74, 6) is 0.480. The van der Waals surface area contributed by atoms with Crippen LogP contribution in [-0.2, 0) is 9.53 Å². The van der Waals surface area contributed by atoms with Gasteiger partial charge in [-0.2, -0.15) is 0 Å². The van der Waals surface area contributed by atoms with E-state index < -0.39 is 0 Å². The Kier molecular flexibility index (Phi) is 5.42. The number of rotatable bonds is 4. The van der Waals surface area contributed by atoms with Crippen molar-refractivity contribution in [3.63, 3.8) is 0 Å². The van der Waals surface area contributed by atoms with Crippen molar-refractivity contribution in [3.8, 4) is 0 Å². The fourth-order valence-electron chi connectivity index (χ4n) is 5.37. The molecule has 0 aromatic carbocycles. The number of aliphatic imine (C=N–C) groups is 1. The smallest absolute Gasteiger partial charge is 0.315 e. The van der Waals surface area contributed by atoms with E-state index in [0.717, 1.165) is 31.0 Å². The van der Waals surface area contributed by atoms with E-state index in [1.165, 1.54) is 38.5 Å². The number of fused-ring (bicyclic) bond motifs is 2. The summed E-state index contributed by atoms with van der Waals surface area (Å²) >= 11 is 1.90. The molecule has 0 aromatic rings. The molecule has 2 aliphatic heterocycles. The van der Waals surface area contributed by atoms with E-state index in [2.05, 4.69) is 18.7 Å². The highest BCUT2D eigenvalue weighted by atomic mass is 32.2. The Morgan fingerprint density at radius 1 is 1.12 bits per heavy atom. The van der Waals surface area contributed by atoms with Gasteiger partial charge in [0.05, 0.1) is 11.1 Å². The number of carbonyl (C=O) groups excluding carboxylic acids is 1. The average molecular weight is 365 g/mol. The van der Waals surface area contributed by atoms with Crippen molar-refractivity contribution in [2.75, 3.05) is 13.1 Å². The van der Waals surface area contributed by atoms with E-state index in [1.54, 1.807) is 0 Å². The summed E-state index contributed by atoms with van der Waals surface area (Å²) in [5.41, 5.74) is 0. The van der Waals surface area contributed by atoms with Crippen LogP contribution in [0.2, 0.25) is 0 Å². The molecule has 5 heteroatoms. The first-order valence-electron chi connectivity index (χ1n) is 10.4. The summed E-state index contributed by atoms with van der Waals surface area (Å²) in [6, 6.07) is 1.05. The van der Waals surface area contributed by atoms with Crippen molar-refractivity contribution >= 4 is 22.8 Å². The molecule has 0 amide bonds. The summed E-state index contributed by atoms with van der Waals surface area (Å²) in [5, 5.41) is 1.74. The largest absolute Gasteiger partial charge is 0.461 e. The first-order valence-corrected chi connectivity index (χ1v) is 11.3. The molecule has 2 heterocycles. The van der Waals surface area contributed by atoms with Gasteiger partial charge in [0.2, 0.25) is 0 Å². The maximum atomic E-state index is 12.7. The number of carbonyl (C=O) groups is 1. The Morgan fingerprint density at radius 2 is 1.92 bits per heavy atom. The molecule has 0 bridgehead atoms. The maximum absolute atomic E-state index is 12.7. The van der Waals surface area contributed by atoms with Crippen molar-refractivity contribution in [2.24, 2.45) is 16.8 Å². The lowest BCUT2D eigenvalue weighted by Gasteiger charge is -2.43. The molecule has 4 nitrogen and oxygen atoms in total. The lowest BCUT2D eigenvalue weighted by Crippen LogP contribution is -2.49. The summed E-state index contributed by atoms with van der Waals surface area (Å²) in [6.07, 6.45) is 9.67. The molecule has 1 saturated heterocycles. The molecule has 0 aromatic heterocycles. The lowest BCUT2D eigenvalue weighted by atomic mass is 9.76. The molecule has 4 aliphatic rings. The fourth-order valence-corrected chi connectivity index (χ4v) is 6.87. The van der Waals surface area contributed by atoms with Crippen LogP contribution < -0.4 is 0 Å².